The van der Waals surface area contributed by atoms with Gasteiger partial charge in [0.15, 0.2) is 0 Å². The molecule has 0 saturated carbocycles. The van der Waals surface area contributed by atoms with Crippen LogP contribution >= 0.6 is 35.0 Å². The molecule has 2 aromatic carbocycles. The third-order valence-corrected chi connectivity index (χ3v) is 6.43. The highest BCUT2D eigenvalue weighted by Crippen LogP contribution is 2.25. The lowest BCUT2D eigenvalue weighted by Crippen LogP contribution is -2.53. The second-order valence-electron chi connectivity index (χ2n) is 8.90. The van der Waals surface area contributed by atoms with Crippen LogP contribution in [0.25, 0.3) is 0 Å². The maximum Gasteiger partial charge on any atom is 0.243 e. The van der Waals surface area contributed by atoms with Crippen molar-refractivity contribution < 1.29 is 9.59 Å². The SMILES string of the molecule is CC[C@H](C(=O)NC(C)(C)C)N(Cc1ccc(Cl)cc1Cl)C(=O)CSCc1ccc(C)cc1. The van der Waals surface area contributed by atoms with Crippen LogP contribution in [0.5, 0.6) is 0 Å². The molecule has 0 aliphatic carbocycles. The molecule has 174 valence electrons. The maximum atomic E-state index is 13.3. The topological polar surface area (TPSA) is 49.4 Å². The Morgan fingerprint density at radius 3 is 2.31 bits per heavy atom. The van der Waals surface area contributed by atoms with E-state index >= 15 is 0 Å². The molecule has 7 heteroatoms. The van der Waals surface area contributed by atoms with Gasteiger partial charge in [0, 0.05) is 27.9 Å². The molecule has 0 heterocycles. The van der Waals surface area contributed by atoms with Crippen molar-refractivity contribution in [2.24, 2.45) is 0 Å². The van der Waals surface area contributed by atoms with Crippen molar-refractivity contribution in [1.29, 1.82) is 0 Å². The molecular formula is C25H32Cl2N2O2S. The van der Waals surface area contributed by atoms with Gasteiger partial charge in [-0.25, -0.2) is 0 Å². The van der Waals surface area contributed by atoms with E-state index in [1.165, 1.54) is 11.1 Å². The Morgan fingerprint density at radius 2 is 1.75 bits per heavy atom. The molecule has 2 rings (SSSR count). The fraction of sp³-hybridized carbons (Fsp3) is 0.440. The molecule has 0 saturated heterocycles. The Morgan fingerprint density at radius 1 is 1.09 bits per heavy atom. The normalized spacial score (nSPS) is 12.3. The molecule has 0 unspecified atom stereocenters. The Bertz CT molecular complexity index is 927. The Labute approximate surface area is 206 Å². The fourth-order valence-electron chi connectivity index (χ4n) is 3.23. The van der Waals surface area contributed by atoms with Gasteiger partial charge < -0.3 is 10.2 Å². The number of halogens is 2. The van der Waals surface area contributed by atoms with Gasteiger partial charge in [0.1, 0.15) is 6.04 Å². The molecule has 0 radical (unpaired) electrons. The van der Waals surface area contributed by atoms with Crippen LogP contribution in [0.1, 0.15) is 50.8 Å². The lowest BCUT2D eigenvalue weighted by Gasteiger charge is -2.33. The Hall–Kier alpha value is -1.69. The second-order valence-corrected chi connectivity index (χ2v) is 10.7. The van der Waals surface area contributed by atoms with Gasteiger partial charge >= 0.3 is 0 Å². The van der Waals surface area contributed by atoms with E-state index in [1.54, 1.807) is 34.9 Å². The summed E-state index contributed by atoms with van der Waals surface area (Å²) in [5.74, 6) is 0.747. The highest BCUT2D eigenvalue weighted by atomic mass is 35.5. The van der Waals surface area contributed by atoms with Gasteiger partial charge in [-0.15, -0.1) is 11.8 Å². The van der Waals surface area contributed by atoms with Crippen molar-refractivity contribution in [1.82, 2.24) is 10.2 Å². The summed E-state index contributed by atoms with van der Waals surface area (Å²) >= 11 is 14.0. The van der Waals surface area contributed by atoms with E-state index in [1.807, 2.05) is 34.6 Å². The van der Waals surface area contributed by atoms with Gasteiger partial charge in [0.2, 0.25) is 11.8 Å². The molecular weight excluding hydrogens is 463 g/mol. The van der Waals surface area contributed by atoms with Crippen LogP contribution in [-0.4, -0.2) is 34.0 Å². The van der Waals surface area contributed by atoms with Crippen molar-refractivity contribution in [2.45, 2.75) is 64.9 Å². The quantitative estimate of drug-likeness (QED) is 0.447. The number of rotatable bonds is 9. The monoisotopic (exact) mass is 494 g/mol. The van der Waals surface area contributed by atoms with E-state index in [0.29, 0.717) is 16.5 Å². The van der Waals surface area contributed by atoms with Crippen LogP contribution in [0.4, 0.5) is 0 Å². The fourth-order valence-corrected chi connectivity index (χ4v) is 4.57. The van der Waals surface area contributed by atoms with E-state index in [0.717, 1.165) is 11.3 Å². The summed E-state index contributed by atoms with van der Waals surface area (Å²) < 4.78 is 0. The molecule has 1 N–H and O–H groups in total. The van der Waals surface area contributed by atoms with Crippen LogP contribution in [0, 0.1) is 6.92 Å². The zero-order chi connectivity index (χ0) is 23.9. The second kappa shape index (κ2) is 12.0. The molecule has 0 aromatic heterocycles. The van der Waals surface area contributed by atoms with Crippen LogP contribution < -0.4 is 5.32 Å². The Balaban J connectivity index is 2.19. The molecule has 0 bridgehead atoms. The molecule has 1 atom stereocenters. The third kappa shape index (κ3) is 8.34. The van der Waals surface area contributed by atoms with Crippen molar-refractivity contribution in [3.63, 3.8) is 0 Å². The number of benzene rings is 2. The van der Waals surface area contributed by atoms with E-state index in [2.05, 4.69) is 29.6 Å². The number of carbonyl (C=O) groups excluding carboxylic acids is 2. The number of thioether (sulfide) groups is 1. The number of nitrogens with zero attached hydrogens (tertiary/aromatic N) is 1. The van der Waals surface area contributed by atoms with Crippen molar-refractivity contribution in [2.75, 3.05) is 5.75 Å². The first-order valence-corrected chi connectivity index (χ1v) is 12.6. The number of nitrogens with one attached hydrogen (secondary N) is 1. The highest BCUT2D eigenvalue weighted by Gasteiger charge is 2.30. The standard InChI is InChI=1S/C25H32Cl2N2O2S/c1-6-22(24(31)28-25(3,4)5)29(14-19-11-12-20(26)13-21(19)27)23(30)16-32-15-18-9-7-17(2)8-10-18/h7-13,22H,6,14-16H2,1-5H3,(H,28,31)/t22-/m1/s1. The average molecular weight is 496 g/mol. The number of hydrogen-bond acceptors (Lipinski definition) is 3. The summed E-state index contributed by atoms with van der Waals surface area (Å²) in [4.78, 5) is 28.0. The number of amides is 2. The first-order chi connectivity index (χ1) is 15.0. The van der Waals surface area contributed by atoms with Crippen molar-refractivity contribution in [3.05, 3.63) is 69.2 Å². The molecule has 4 nitrogen and oxygen atoms in total. The lowest BCUT2D eigenvalue weighted by molar-refractivity contribution is -0.140. The van der Waals surface area contributed by atoms with Gasteiger partial charge in [-0.05, 0) is 57.4 Å². The predicted octanol–water partition coefficient (Wildman–Crippen LogP) is 6.26. The van der Waals surface area contributed by atoms with Crippen molar-refractivity contribution in [3.8, 4) is 0 Å². The van der Waals surface area contributed by atoms with E-state index in [4.69, 9.17) is 23.2 Å². The van der Waals surface area contributed by atoms with Gasteiger partial charge in [-0.2, -0.15) is 0 Å². The minimum Gasteiger partial charge on any atom is -0.350 e. The first kappa shape index (κ1) is 26.6. The van der Waals surface area contributed by atoms with Crippen molar-refractivity contribution >= 4 is 46.8 Å². The number of carbonyl (C=O) groups is 2. The zero-order valence-corrected chi connectivity index (χ0v) is 21.7. The summed E-state index contributed by atoms with van der Waals surface area (Å²) in [7, 11) is 0. The van der Waals surface area contributed by atoms with Gasteiger partial charge in [0.05, 0.1) is 5.75 Å². The van der Waals surface area contributed by atoms with Crippen LogP contribution in [0.15, 0.2) is 42.5 Å². The van der Waals surface area contributed by atoms with E-state index in [9.17, 15) is 9.59 Å². The highest BCUT2D eigenvalue weighted by molar-refractivity contribution is 7.99. The average Bonchev–Trinajstić information content (AvgIpc) is 2.69. The molecule has 2 aromatic rings. The van der Waals surface area contributed by atoms with Crippen LogP contribution in [-0.2, 0) is 21.9 Å². The van der Waals surface area contributed by atoms with Gasteiger partial charge in [0.25, 0.3) is 0 Å². The number of hydrogen-bond donors (Lipinski definition) is 1. The van der Waals surface area contributed by atoms with Crippen LogP contribution in [0.2, 0.25) is 10.0 Å². The predicted molar refractivity (Wildman–Crippen MR) is 136 cm³/mol. The van der Waals surface area contributed by atoms with Gasteiger partial charge in [-0.1, -0.05) is 66.0 Å². The summed E-state index contributed by atoms with van der Waals surface area (Å²) in [5.41, 5.74) is 2.74. The zero-order valence-electron chi connectivity index (χ0n) is 19.4. The molecule has 0 fully saturated rings. The van der Waals surface area contributed by atoms with E-state index < -0.39 is 11.6 Å². The van der Waals surface area contributed by atoms with Crippen LogP contribution in [0.3, 0.4) is 0 Å². The molecule has 2 amide bonds. The summed E-state index contributed by atoms with van der Waals surface area (Å²) in [6, 6.07) is 12.9. The van der Waals surface area contributed by atoms with Gasteiger partial charge in [-0.3, -0.25) is 9.59 Å². The summed E-state index contributed by atoms with van der Waals surface area (Å²) in [5, 5.41) is 4.02. The minimum atomic E-state index is -0.589. The summed E-state index contributed by atoms with van der Waals surface area (Å²) in [6.45, 7) is 9.99. The largest absolute Gasteiger partial charge is 0.350 e. The first-order valence-electron chi connectivity index (χ1n) is 10.7. The summed E-state index contributed by atoms with van der Waals surface area (Å²) in [6.07, 6.45) is 0.501. The number of aryl methyl sites for hydroxylation is 1. The smallest absolute Gasteiger partial charge is 0.243 e. The molecule has 0 aliphatic heterocycles. The minimum absolute atomic E-state index is 0.0935. The lowest BCUT2D eigenvalue weighted by atomic mass is 10.1. The Kier molecular flexibility index (Phi) is 9.93. The molecule has 0 aliphatic rings. The third-order valence-electron chi connectivity index (χ3n) is 4.85. The maximum absolute atomic E-state index is 13.3. The van der Waals surface area contributed by atoms with E-state index in [-0.39, 0.29) is 24.1 Å². The molecule has 32 heavy (non-hydrogen) atoms. The molecule has 0 spiro atoms.